The monoisotopic (exact) mass is 328 g/mol. The number of hydrogen-bond donors (Lipinski definition) is 0. The summed E-state index contributed by atoms with van der Waals surface area (Å²) in [5.41, 5.74) is -0.452. The Kier molecular flexibility index (Phi) is 3.91. The highest BCUT2D eigenvalue weighted by Crippen LogP contribution is 2.27. The Morgan fingerprint density at radius 1 is 0.737 bits per heavy atom. The van der Waals surface area contributed by atoms with E-state index in [1.54, 1.807) is 30.3 Å². The molecular formula is C14H5BrF4. The van der Waals surface area contributed by atoms with Gasteiger partial charge in [0.2, 0.25) is 0 Å². The maximum atomic E-state index is 13.5. The van der Waals surface area contributed by atoms with Crippen LogP contribution in [0.1, 0.15) is 11.1 Å². The minimum atomic E-state index is -1.52. The number of halogens is 5. The van der Waals surface area contributed by atoms with Crippen LogP contribution < -0.4 is 0 Å². The van der Waals surface area contributed by atoms with Gasteiger partial charge in [-0.1, -0.05) is 30.0 Å². The van der Waals surface area contributed by atoms with Crippen molar-refractivity contribution >= 4 is 15.9 Å². The van der Waals surface area contributed by atoms with Crippen LogP contribution in [0.25, 0.3) is 0 Å². The van der Waals surface area contributed by atoms with Crippen LogP contribution in [0.2, 0.25) is 0 Å². The summed E-state index contributed by atoms with van der Waals surface area (Å²) in [7, 11) is 0. The molecule has 0 N–H and O–H groups in total. The van der Waals surface area contributed by atoms with Crippen molar-refractivity contribution in [1.29, 1.82) is 0 Å². The fourth-order valence-electron chi connectivity index (χ4n) is 1.37. The fourth-order valence-corrected chi connectivity index (χ4v) is 1.72. The molecule has 5 heteroatoms. The lowest BCUT2D eigenvalue weighted by atomic mass is 10.1. The summed E-state index contributed by atoms with van der Waals surface area (Å²) in [4.78, 5) is 0. The van der Waals surface area contributed by atoms with E-state index in [1.165, 1.54) is 0 Å². The molecule has 0 nitrogen and oxygen atoms in total. The first kappa shape index (κ1) is 13.6. The predicted octanol–water partition coefficient (Wildman–Crippen LogP) is 4.41. The van der Waals surface area contributed by atoms with Crippen LogP contribution in [-0.2, 0) is 0 Å². The second-order valence-corrected chi connectivity index (χ2v) is 4.35. The summed E-state index contributed by atoms with van der Waals surface area (Å²) >= 11 is 2.43. The molecular weight excluding hydrogens is 324 g/mol. The zero-order valence-corrected chi connectivity index (χ0v) is 10.9. The Bertz CT molecular complexity index is 655. The third-order valence-corrected chi connectivity index (χ3v) is 3.01. The van der Waals surface area contributed by atoms with Crippen LogP contribution in [0.5, 0.6) is 0 Å². The third kappa shape index (κ3) is 2.64. The van der Waals surface area contributed by atoms with Crippen LogP contribution in [0.3, 0.4) is 0 Å². The zero-order valence-electron chi connectivity index (χ0n) is 9.28. The minimum Gasteiger partial charge on any atom is -0.202 e. The average molecular weight is 329 g/mol. The third-order valence-electron chi connectivity index (χ3n) is 2.32. The predicted molar refractivity (Wildman–Crippen MR) is 66.4 cm³/mol. The molecule has 0 aliphatic carbocycles. The highest BCUT2D eigenvalue weighted by molar-refractivity contribution is 9.10. The molecule has 2 aromatic carbocycles. The van der Waals surface area contributed by atoms with Crippen LogP contribution in [-0.4, -0.2) is 0 Å². The van der Waals surface area contributed by atoms with Gasteiger partial charge in [0.05, 0.1) is 4.47 Å². The largest absolute Gasteiger partial charge is 0.202 e. The molecule has 19 heavy (non-hydrogen) atoms. The van der Waals surface area contributed by atoms with E-state index < -0.39 is 33.3 Å². The van der Waals surface area contributed by atoms with E-state index in [0.717, 1.165) is 0 Å². The van der Waals surface area contributed by atoms with Gasteiger partial charge in [0, 0.05) is 5.56 Å². The lowest BCUT2D eigenvalue weighted by molar-refractivity contribution is 0.443. The summed E-state index contributed by atoms with van der Waals surface area (Å²) in [6.45, 7) is 0. The van der Waals surface area contributed by atoms with Crippen molar-refractivity contribution in [1.82, 2.24) is 0 Å². The van der Waals surface area contributed by atoms with Gasteiger partial charge < -0.3 is 0 Å². The Morgan fingerprint density at radius 3 is 1.79 bits per heavy atom. The molecule has 0 saturated heterocycles. The van der Waals surface area contributed by atoms with E-state index in [2.05, 4.69) is 27.8 Å². The molecule has 0 aliphatic rings. The summed E-state index contributed by atoms with van der Waals surface area (Å²) in [5, 5.41) is 0. The van der Waals surface area contributed by atoms with Crippen molar-refractivity contribution in [3.05, 3.63) is 69.2 Å². The quantitative estimate of drug-likeness (QED) is 0.291. The molecule has 0 amide bonds. The van der Waals surface area contributed by atoms with E-state index >= 15 is 0 Å². The summed E-state index contributed by atoms with van der Waals surface area (Å²) in [6, 6.07) is 8.31. The van der Waals surface area contributed by atoms with Crippen molar-refractivity contribution < 1.29 is 17.6 Å². The first-order valence-corrected chi connectivity index (χ1v) is 5.90. The van der Waals surface area contributed by atoms with Gasteiger partial charge in [0.1, 0.15) is 5.56 Å². The van der Waals surface area contributed by atoms with Gasteiger partial charge in [0.15, 0.2) is 23.3 Å². The maximum Gasteiger partial charge on any atom is 0.178 e. The Morgan fingerprint density at radius 2 is 1.26 bits per heavy atom. The molecule has 0 unspecified atom stereocenters. The van der Waals surface area contributed by atoms with Crippen molar-refractivity contribution in [2.45, 2.75) is 0 Å². The van der Waals surface area contributed by atoms with E-state index in [4.69, 9.17) is 0 Å². The van der Waals surface area contributed by atoms with E-state index in [-0.39, 0.29) is 0 Å². The van der Waals surface area contributed by atoms with Crippen molar-refractivity contribution in [2.75, 3.05) is 0 Å². The Balaban J connectivity index is 2.57. The molecule has 0 aliphatic heterocycles. The summed E-state index contributed by atoms with van der Waals surface area (Å²) in [6.07, 6.45) is 0. The molecule has 0 spiro atoms. The highest BCUT2D eigenvalue weighted by Gasteiger charge is 2.22. The topological polar surface area (TPSA) is 0 Å². The average Bonchev–Trinajstić information content (AvgIpc) is 2.44. The molecule has 96 valence electrons. The number of benzene rings is 2. The smallest absolute Gasteiger partial charge is 0.178 e. The Hall–Kier alpha value is -1.80. The molecule has 0 heterocycles. The molecule has 0 bridgehead atoms. The first-order valence-electron chi connectivity index (χ1n) is 5.11. The number of hydrogen-bond acceptors (Lipinski definition) is 0. The normalized spacial score (nSPS) is 9.95. The van der Waals surface area contributed by atoms with Crippen molar-refractivity contribution in [3.63, 3.8) is 0 Å². The zero-order chi connectivity index (χ0) is 14.0. The van der Waals surface area contributed by atoms with Gasteiger partial charge in [-0.2, -0.15) is 0 Å². The molecule has 2 aromatic rings. The van der Waals surface area contributed by atoms with Crippen LogP contribution in [0.4, 0.5) is 17.6 Å². The van der Waals surface area contributed by atoms with Crippen molar-refractivity contribution in [3.8, 4) is 11.8 Å². The van der Waals surface area contributed by atoms with E-state index in [0.29, 0.717) is 5.56 Å². The van der Waals surface area contributed by atoms with E-state index in [9.17, 15) is 17.6 Å². The minimum absolute atomic E-state index is 0.477. The van der Waals surface area contributed by atoms with E-state index in [1.807, 2.05) is 0 Å². The van der Waals surface area contributed by atoms with Crippen molar-refractivity contribution in [2.24, 2.45) is 0 Å². The lowest BCUT2D eigenvalue weighted by Crippen LogP contribution is -2.01. The van der Waals surface area contributed by atoms with Gasteiger partial charge >= 0.3 is 0 Å². The number of rotatable bonds is 0. The second kappa shape index (κ2) is 5.45. The maximum absolute atomic E-state index is 13.5. The summed E-state index contributed by atoms with van der Waals surface area (Å²) in [5.74, 6) is -1.50. The molecule has 0 fully saturated rings. The lowest BCUT2D eigenvalue weighted by Gasteiger charge is -2.03. The van der Waals surface area contributed by atoms with Gasteiger partial charge in [-0.25, -0.2) is 17.6 Å². The SMILES string of the molecule is Fc1c(F)c(C#Cc2ccccc2)c(F)c(F)c1Br. The summed E-state index contributed by atoms with van der Waals surface area (Å²) < 4.78 is 52.6. The molecule has 2 rings (SSSR count). The molecule has 0 aromatic heterocycles. The first-order chi connectivity index (χ1) is 9.02. The van der Waals surface area contributed by atoms with Crippen LogP contribution in [0.15, 0.2) is 34.8 Å². The fraction of sp³-hybridized carbons (Fsp3) is 0. The van der Waals surface area contributed by atoms with Gasteiger partial charge in [-0.3, -0.25) is 0 Å². The second-order valence-electron chi connectivity index (χ2n) is 3.56. The van der Waals surface area contributed by atoms with Crippen LogP contribution >= 0.6 is 15.9 Å². The van der Waals surface area contributed by atoms with Crippen LogP contribution in [0, 0.1) is 35.1 Å². The standard InChI is InChI=1S/C14H5BrF4/c15-10-13(18)11(16)9(12(17)14(10)19)7-6-8-4-2-1-3-5-8/h1-5H. The van der Waals surface area contributed by atoms with Gasteiger partial charge in [0.25, 0.3) is 0 Å². The Labute approximate surface area is 115 Å². The molecule has 0 saturated carbocycles. The van der Waals surface area contributed by atoms with Gasteiger partial charge in [-0.05, 0) is 28.1 Å². The molecule has 0 atom stereocenters. The van der Waals surface area contributed by atoms with Gasteiger partial charge in [-0.15, -0.1) is 0 Å². The molecule has 0 radical (unpaired) electrons. The highest BCUT2D eigenvalue weighted by atomic mass is 79.9.